The van der Waals surface area contributed by atoms with E-state index in [2.05, 4.69) is 10.2 Å². The van der Waals surface area contributed by atoms with Crippen LogP contribution in [-0.4, -0.2) is 27.4 Å². The number of nitrogens with zero attached hydrogens (tertiary/aromatic N) is 2. The number of halogens is 5. The van der Waals surface area contributed by atoms with E-state index in [1.807, 2.05) is 5.32 Å². The van der Waals surface area contributed by atoms with Crippen molar-refractivity contribution in [3.63, 3.8) is 0 Å². The number of benzene rings is 1. The van der Waals surface area contributed by atoms with E-state index < -0.39 is 45.1 Å². The lowest BCUT2D eigenvalue weighted by Gasteiger charge is -2.15. The van der Waals surface area contributed by atoms with Crippen molar-refractivity contribution in [3.05, 3.63) is 45.3 Å². The molecule has 3 rings (SSSR count). The summed E-state index contributed by atoms with van der Waals surface area (Å²) in [6, 6.07) is 5.69. The molecule has 0 aliphatic heterocycles. The van der Waals surface area contributed by atoms with Gasteiger partial charge in [0.2, 0.25) is 5.13 Å². The largest absolute Gasteiger partial charge is 0.506 e. The Kier molecular flexibility index (Phi) is 4.34. The summed E-state index contributed by atoms with van der Waals surface area (Å²) >= 11 is -0.233. The first-order valence-electron chi connectivity index (χ1n) is 6.87. The van der Waals surface area contributed by atoms with Crippen LogP contribution in [0.3, 0.4) is 0 Å². The maximum absolute atomic E-state index is 13.2. The molecule has 0 unspecified atom stereocenters. The quantitative estimate of drug-likeness (QED) is 0.510. The molecule has 1 aromatic carbocycles. The first kappa shape index (κ1) is 18.7. The smallest absolute Gasteiger partial charge is 0.460 e. The summed E-state index contributed by atoms with van der Waals surface area (Å²) in [7, 11) is 0. The number of aromatic nitrogens is 2. The molecule has 2 N–H and O–H groups in total. The number of aromatic hydroxyl groups is 1. The van der Waals surface area contributed by atoms with Crippen LogP contribution in [0.25, 0.3) is 11.0 Å². The van der Waals surface area contributed by atoms with Gasteiger partial charge in [-0.2, -0.15) is 22.0 Å². The minimum absolute atomic E-state index is 0.0143. The van der Waals surface area contributed by atoms with Gasteiger partial charge in [-0.25, -0.2) is 4.79 Å². The first-order valence-corrected chi connectivity index (χ1v) is 7.68. The molecular weight excluding hydrogens is 401 g/mol. The number of alkyl halides is 5. The normalized spacial score (nSPS) is 12.3. The SMILES string of the molecule is O=C(Nc1nnc(C(F)(F)C(F)(F)F)s1)c1c(O)c2ccccc2oc1=O. The fourth-order valence-corrected chi connectivity index (χ4v) is 2.75. The van der Waals surface area contributed by atoms with Crippen molar-refractivity contribution in [1.82, 2.24) is 10.2 Å². The predicted octanol–water partition coefficient (Wildman–Crippen LogP) is 3.26. The van der Waals surface area contributed by atoms with Crippen LogP contribution >= 0.6 is 11.3 Å². The van der Waals surface area contributed by atoms with E-state index in [1.165, 1.54) is 24.3 Å². The summed E-state index contributed by atoms with van der Waals surface area (Å²) < 4.78 is 68.2. The number of hydrogen-bond acceptors (Lipinski definition) is 7. The number of carbonyl (C=O) groups excluding carboxylic acids is 1. The van der Waals surface area contributed by atoms with Gasteiger partial charge in [0.15, 0.2) is 10.6 Å². The van der Waals surface area contributed by atoms with Crippen LogP contribution in [-0.2, 0) is 5.92 Å². The van der Waals surface area contributed by atoms with E-state index in [1.54, 1.807) is 0 Å². The third kappa shape index (κ3) is 3.20. The highest BCUT2D eigenvalue weighted by Crippen LogP contribution is 2.45. The Morgan fingerprint density at radius 3 is 2.48 bits per heavy atom. The Labute approximate surface area is 149 Å². The Bertz CT molecular complexity index is 1090. The zero-order valence-corrected chi connectivity index (χ0v) is 13.5. The van der Waals surface area contributed by atoms with Crippen molar-refractivity contribution >= 4 is 33.3 Å². The van der Waals surface area contributed by atoms with Gasteiger partial charge in [-0.15, -0.1) is 10.2 Å². The summed E-state index contributed by atoms with van der Waals surface area (Å²) in [6.07, 6.45) is -5.90. The summed E-state index contributed by atoms with van der Waals surface area (Å²) in [5.74, 6) is -7.33. The number of anilines is 1. The van der Waals surface area contributed by atoms with Crippen LogP contribution in [0.2, 0.25) is 0 Å². The van der Waals surface area contributed by atoms with Crippen molar-refractivity contribution in [2.75, 3.05) is 5.32 Å². The van der Waals surface area contributed by atoms with Crippen LogP contribution in [0.5, 0.6) is 5.75 Å². The van der Waals surface area contributed by atoms with E-state index >= 15 is 0 Å². The number of hydrogen-bond donors (Lipinski definition) is 2. The second-order valence-electron chi connectivity index (χ2n) is 5.05. The van der Waals surface area contributed by atoms with Crippen LogP contribution in [0.4, 0.5) is 27.1 Å². The van der Waals surface area contributed by atoms with Gasteiger partial charge in [0.25, 0.3) is 5.91 Å². The van der Waals surface area contributed by atoms with E-state index in [0.717, 1.165) is 0 Å². The Morgan fingerprint density at radius 2 is 1.81 bits per heavy atom. The van der Waals surface area contributed by atoms with Crippen LogP contribution in [0, 0.1) is 0 Å². The zero-order chi connectivity index (χ0) is 20.0. The van der Waals surface area contributed by atoms with Crippen LogP contribution in [0.1, 0.15) is 15.4 Å². The molecule has 1 amide bonds. The minimum atomic E-state index is -5.90. The Morgan fingerprint density at radius 1 is 1.15 bits per heavy atom. The van der Waals surface area contributed by atoms with Gasteiger partial charge < -0.3 is 9.52 Å². The molecule has 0 bridgehead atoms. The molecule has 27 heavy (non-hydrogen) atoms. The van der Waals surface area contributed by atoms with Crippen LogP contribution in [0.15, 0.2) is 33.5 Å². The maximum atomic E-state index is 13.2. The monoisotopic (exact) mass is 407 g/mol. The van der Waals surface area contributed by atoms with Gasteiger partial charge in [0.05, 0.1) is 5.39 Å². The van der Waals surface area contributed by atoms with E-state index in [-0.39, 0.29) is 22.3 Å². The molecule has 0 saturated heterocycles. The van der Waals surface area contributed by atoms with E-state index in [4.69, 9.17) is 4.42 Å². The summed E-state index contributed by atoms with van der Waals surface area (Å²) in [4.78, 5) is 24.0. The summed E-state index contributed by atoms with van der Waals surface area (Å²) in [5, 5.41) is 15.3. The number of para-hydroxylation sites is 1. The molecule has 0 fully saturated rings. The maximum Gasteiger partial charge on any atom is 0.460 e. The van der Waals surface area contributed by atoms with Crippen molar-refractivity contribution in [2.24, 2.45) is 0 Å². The topological polar surface area (TPSA) is 105 Å². The van der Waals surface area contributed by atoms with Crippen molar-refractivity contribution in [2.45, 2.75) is 12.1 Å². The molecule has 2 heterocycles. The molecule has 0 spiro atoms. The van der Waals surface area contributed by atoms with Gasteiger partial charge in [0, 0.05) is 0 Å². The van der Waals surface area contributed by atoms with Crippen molar-refractivity contribution in [3.8, 4) is 5.75 Å². The second kappa shape index (κ2) is 6.26. The lowest BCUT2D eigenvalue weighted by atomic mass is 10.1. The average Bonchev–Trinajstić information content (AvgIpc) is 3.03. The lowest BCUT2D eigenvalue weighted by Crippen LogP contribution is -2.33. The highest BCUT2D eigenvalue weighted by atomic mass is 32.1. The van der Waals surface area contributed by atoms with Gasteiger partial charge in [-0.3, -0.25) is 10.1 Å². The average molecular weight is 407 g/mol. The molecule has 0 atom stereocenters. The molecule has 142 valence electrons. The molecule has 3 aromatic rings. The predicted molar refractivity (Wildman–Crippen MR) is 82.0 cm³/mol. The second-order valence-corrected chi connectivity index (χ2v) is 6.03. The third-order valence-corrected chi connectivity index (χ3v) is 4.19. The molecule has 0 radical (unpaired) electrons. The fourth-order valence-electron chi connectivity index (χ4n) is 2.02. The van der Waals surface area contributed by atoms with Gasteiger partial charge >= 0.3 is 17.7 Å². The molecule has 0 aliphatic carbocycles. The molecule has 7 nitrogen and oxygen atoms in total. The molecule has 0 saturated carbocycles. The summed E-state index contributed by atoms with van der Waals surface area (Å²) in [6.45, 7) is 0. The van der Waals surface area contributed by atoms with Crippen molar-refractivity contribution < 1.29 is 36.3 Å². The van der Waals surface area contributed by atoms with Crippen molar-refractivity contribution in [1.29, 1.82) is 0 Å². The molecule has 0 aliphatic rings. The lowest BCUT2D eigenvalue weighted by molar-refractivity contribution is -0.289. The number of fused-ring (bicyclic) bond motifs is 1. The highest BCUT2D eigenvalue weighted by molar-refractivity contribution is 7.15. The highest BCUT2D eigenvalue weighted by Gasteiger charge is 2.61. The molecular formula is C14H6F5N3O4S. The molecule has 13 heteroatoms. The number of nitrogens with one attached hydrogen (secondary N) is 1. The minimum Gasteiger partial charge on any atom is -0.506 e. The summed E-state index contributed by atoms with van der Waals surface area (Å²) in [5.41, 5.74) is -2.12. The van der Waals surface area contributed by atoms with E-state index in [9.17, 15) is 36.6 Å². The van der Waals surface area contributed by atoms with Gasteiger partial charge in [0.1, 0.15) is 11.3 Å². The Hall–Kier alpha value is -3.09. The number of rotatable bonds is 3. The number of amides is 1. The van der Waals surface area contributed by atoms with Gasteiger partial charge in [-0.05, 0) is 12.1 Å². The van der Waals surface area contributed by atoms with Crippen LogP contribution < -0.4 is 10.9 Å². The zero-order valence-electron chi connectivity index (χ0n) is 12.7. The standard InChI is InChI=1S/C14H6F5N3O4S/c15-13(16,14(17,18)19)11-21-22-12(27-11)20-9(24)7-8(23)5-3-1-2-4-6(5)26-10(7)25/h1-4,23H,(H,20,22,24). The number of carbonyl (C=O) groups is 1. The van der Waals surface area contributed by atoms with Gasteiger partial charge in [-0.1, -0.05) is 23.5 Å². The fraction of sp³-hybridized carbons (Fsp3) is 0.143. The van der Waals surface area contributed by atoms with E-state index in [0.29, 0.717) is 0 Å². The Balaban J connectivity index is 1.94. The third-order valence-electron chi connectivity index (χ3n) is 3.28. The molecule has 2 aromatic heterocycles. The first-order chi connectivity index (χ1) is 12.5.